The van der Waals surface area contributed by atoms with Crippen LogP contribution in [0.3, 0.4) is 0 Å². The van der Waals surface area contributed by atoms with Gasteiger partial charge in [-0.3, -0.25) is 14.4 Å². The van der Waals surface area contributed by atoms with Crippen LogP contribution in [-0.2, 0) is 10.0 Å². The molecule has 1 amide bonds. The van der Waals surface area contributed by atoms with Crippen LogP contribution in [0.4, 0.5) is 5.13 Å². The minimum atomic E-state index is -3.66. The number of aryl methyl sites for hydroxylation is 1. The zero-order valence-corrected chi connectivity index (χ0v) is 19.3. The van der Waals surface area contributed by atoms with E-state index >= 15 is 0 Å². The van der Waals surface area contributed by atoms with Crippen molar-refractivity contribution in [2.45, 2.75) is 37.5 Å². The normalized spacial score (nSPS) is 16.3. The second-order valence-electron chi connectivity index (χ2n) is 8.06. The summed E-state index contributed by atoms with van der Waals surface area (Å²) >= 11 is 1.41. The number of allylic oxidation sites excluding steroid dienone is 4. The largest absolute Gasteiger partial charge is 0.298 e. The number of amides is 1. The number of sulfonamides is 1. The molecule has 1 aliphatic carbocycles. The lowest BCUT2D eigenvalue weighted by Gasteiger charge is -2.33. The molecule has 2 heterocycles. The molecule has 0 radical (unpaired) electrons. The second-order valence-corrected chi connectivity index (χ2v) is 11.0. The van der Waals surface area contributed by atoms with Gasteiger partial charge in [-0.25, -0.2) is 13.4 Å². The van der Waals surface area contributed by atoms with Gasteiger partial charge in [-0.1, -0.05) is 29.6 Å². The van der Waals surface area contributed by atoms with E-state index in [1.807, 2.05) is 25.1 Å². The average Bonchev–Trinajstić information content (AvgIpc) is 3.20. The van der Waals surface area contributed by atoms with E-state index in [0.29, 0.717) is 17.2 Å². The molecule has 0 bridgehead atoms. The molecule has 0 fully saturated rings. The molecule has 1 aromatic heterocycles. The van der Waals surface area contributed by atoms with E-state index in [1.54, 1.807) is 16.4 Å². The fourth-order valence-corrected chi connectivity index (χ4v) is 6.75. The highest BCUT2D eigenvalue weighted by atomic mass is 32.2. The third-order valence-corrected chi connectivity index (χ3v) is 8.60. The highest BCUT2D eigenvalue weighted by Crippen LogP contribution is 2.34. The molecule has 0 saturated heterocycles. The number of nitrogens with one attached hydrogen (secondary N) is 1. The van der Waals surface area contributed by atoms with Crippen LogP contribution in [0.1, 0.15) is 41.6 Å². The maximum atomic E-state index is 13.3. The second kappa shape index (κ2) is 8.18. The van der Waals surface area contributed by atoms with Gasteiger partial charge in [0, 0.05) is 17.8 Å². The van der Waals surface area contributed by atoms with Gasteiger partial charge in [-0.05, 0) is 80.1 Å². The Balaban J connectivity index is 1.36. The summed E-state index contributed by atoms with van der Waals surface area (Å²) in [5.74, 6) is -0.315. The summed E-state index contributed by atoms with van der Waals surface area (Å²) in [4.78, 5) is 17.3. The smallest absolute Gasteiger partial charge is 0.264 e. The van der Waals surface area contributed by atoms with Gasteiger partial charge in [0.25, 0.3) is 15.9 Å². The molecule has 8 heteroatoms. The van der Waals surface area contributed by atoms with Gasteiger partial charge in [-0.15, -0.1) is 0 Å². The van der Waals surface area contributed by atoms with Gasteiger partial charge < -0.3 is 0 Å². The van der Waals surface area contributed by atoms with Gasteiger partial charge in [-0.2, -0.15) is 0 Å². The van der Waals surface area contributed by atoms with E-state index < -0.39 is 10.0 Å². The number of hydrogen-bond acceptors (Lipinski definition) is 5. The Hall–Kier alpha value is -2.97. The molecule has 0 unspecified atom stereocenters. The van der Waals surface area contributed by atoms with Crippen LogP contribution in [0, 0.1) is 6.92 Å². The van der Waals surface area contributed by atoms with E-state index in [1.165, 1.54) is 23.5 Å². The number of hydrogen-bond donors (Lipinski definition) is 1. The monoisotopic (exact) mass is 465 g/mol. The topological polar surface area (TPSA) is 79.4 Å². The van der Waals surface area contributed by atoms with Crippen molar-refractivity contribution < 1.29 is 13.2 Å². The van der Waals surface area contributed by atoms with Gasteiger partial charge in [0.1, 0.15) is 0 Å². The fourth-order valence-electron chi connectivity index (χ4n) is 4.19. The van der Waals surface area contributed by atoms with E-state index in [0.717, 1.165) is 52.7 Å². The molecule has 5 rings (SSSR count). The van der Waals surface area contributed by atoms with Crippen LogP contribution >= 0.6 is 11.3 Å². The zero-order valence-electron chi connectivity index (χ0n) is 17.7. The quantitative estimate of drug-likeness (QED) is 0.571. The summed E-state index contributed by atoms with van der Waals surface area (Å²) in [5.41, 5.74) is 4.39. The van der Waals surface area contributed by atoms with Crippen LogP contribution in [-0.4, -0.2) is 30.2 Å². The molecule has 0 atom stereocenters. The summed E-state index contributed by atoms with van der Waals surface area (Å²) in [7, 11) is -3.66. The highest BCUT2D eigenvalue weighted by Gasteiger charge is 2.31. The molecular formula is C24H23N3O3S2. The van der Waals surface area contributed by atoms with E-state index in [4.69, 9.17) is 0 Å². The van der Waals surface area contributed by atoms with E-state index in [2.05, 4.69) is 22.5 Å². The Kier molecular flexibility index (Phi) is 5.35. The number of carbonyl (C=O) groups is 1. The minimum absolute atomic E-state index is 0.202. The van der Waals surface area contributed by atoms with E-state index in [9.17, 15) is 13.2 Å². The maximum absolute atomic E-state index is 13.3. The van der Waals surface area contributed by atoms with Crippen LogP contribution < -0.4 is 5.32 Å². The predicted octanol–water partition coefficient (Wildman–Crippen LogP) is 5.25. The molecule has 0 spiro atoms. The van der Waals surface area contributed by atoms with Crippen LogP contribution in [0.15, 0.2) is 70.8 Å². The predicted molar refractivity (Wildman–Crippen MR) is 127 cm³/mol. The Bertz CT molecular complexity index is 1370. The number of aromatic nitrogens is 1. The third kappa shape index (κ3) is 3.84. The first-order valence-corrected chi connectivity index (χ1v) is 12.9. The van der Waals surface area contributed by atoms with Gasteiger partial charge in [0.2, 0.25) is 0 Å². The van der Waals surface area contributed by atoms with Crippen molar-refractivity contribution in [2.24, 2.45) is 0 Å². The third-order valence-electron chi connectivity index (χ3n) is 5.81. The lowest BCUT2D eigenvalue weighted by molar-refractivity contribution is 0.102. The molecule has 2 aliphatic rings. The van der Waals surface area contributed by atoms with E-state index in [-0.39, 0.29) is 10.8 Å². The Morgan fingerprint density at radius 1 is 1.12 bits per heavy atom. The Labute approximate surface area is 191 Å². The molecule has 0 saturated carbocycles. The summed E-state index contributed by atoms with van der Waals surface area (Å²) in [5, 5.41) is 3.34. The molecule has 6 nitrogen and oxygen atoms in total. The first-order valence-electron chi connectivity index (χ1n) is 10.6. The first-order chi connectivity index (χ1) is 15.4. The molecule has 164 valence electrons. The van der Waals surface area contributed by atoms with Crippen LogP contribution in [0.2, 0.25) is 0 Å². The van der Waals surface area contributed by atoms with Crippen molar-refractivity contribution in [2.75, 3.05) is 11.9 Å². The van der Waals surface area contributed by atoms with Gasteiger partial charge >= 0.3 is 0 Å². The summed E-state index contributed by atoms with van der Waals surface area (Å²) < 4.78 is 29.2. The van der Waals surface area contributed by atoms with Crippen molar-refractivity contribution >= 4 is 42.6 Å². The number of nitrogens with zero attached hydrogens (tertiary/aromatic N) is 2. The number of rotatable bonds is 4. The SMILES string of the molecule is Cc1ccc2nc(NC(=O)c3ccc(S(=O)(=O)N4CCCC5=C4CCC=C5)cc3)sc2c1. The molecule has 32 heavy (non-hydrogen) atoms. The lowest BCUT2D eigenvalue weighted by Crippen LogP contribution is -2.35. The minimum Gasteiger partial charge on any atom is -0.298 e. The Morgan fingerprint density at radius 3 is 2.75 bits per heavy atom. The average molecular weight is 466 g/mol. The number of anilines is 1. The number of fused-ring (bicyclic) bond motifs is 1. The number of carbonyl (C=O) groups excluding carboxylic acids is 1. The molecule has 3 aromatic rings. The van der Waals surface area contributed by atoms with Crippen LogP contribution in [0.25, 0.3) is 10.2 Å². The summed E-state index contributed by atoms with van der Waals surface area (Å²) in [6.07, 6.45) is 7.49. The van der Waals surface area contributed by atoms with Crippen LogP contribution in [0.5, 0.6) is 0 Å². The number of thiazole rings is 1. The van der Waals surface area contributed by atoms with Crippen molar-refractivity contribution in [1.29, 1.82) is 0 Å². The lowest BCUT2D eigenvalue weighted by atomic mass is 9.96. The molecule has 1 N–H and O–H groups in total. The van der Waals surface area contributed by atoms with Crippen molar-refractivity contribution in [3.63, 3.8) is 0 Å². The summed E-state index contributed by atoms with van der Waals surface area (Å²) in [6, 6.07) is 12.1. The van der Waals surface area contributed by atoms with Crippen molar-refractivity contribution in [1.82, 2.24) is 9.29 Å². The highest BCUT2D eigenvalue weighted by molar-refractivity contribution is 7.89. The first kappa shape index (κ1) is 20.9. The van der Waals surface area contributed by atoms with Gasteiger partial charge in [0.05, 0.1) is 15.1 Å². The molecule has 2 aromatic carbocycles. The Morgan fingerprint density at radius 2 is 1.94 bits per heavy atom. The van der Waals surface area contributed by atoms with Crippen molar-refractivity contribution in [3.8, 4) is 0 Å². The summed E-state index contributed by atoms with van der Waals surface area (Å²) in [6.45, 7) is 2.51. The van der Waals surface area contributed by atoms with Crippen molar-refractivity contribution in [3.05, 3.63) is 77.0 Å². The standard InChI is InChI=1S/C24H23N3O3S2/c1-16-8-13-20-22(15-16)31-24(25-20)26-23(28)18-9-11-19(12-10-18)32(29,30)27-14-4-6-17-5-2-3-7-21(17)27/h2,5,8-13,15H,3-4,6-7,14H2,1H3,(H,25,26,28). The molecule has 1 aliphatic heterocycles. The molecular weight excluding hydrogens is 442 g/mol. The zero-order chi connectivity index (χ0) is 22.3. The maximum Gasteiger partial charge on any atom is 0.264 e. The van der Waals surface area contributed by atoms with Gasteiger partial charge in [0.15, 0.2) is 5.13 Å². The number of benzene rings is 2. The fraction of sp³-hybridized carbons (Fsp3) is 0.250.